The van der Waals surface area contributed by atoms with E-state index in [9.17, 15) is 14.4 Å². The molecule has 3 aliphatic rings. The van der Waals surface area contributed by atoms with Crippen LogP contribution in [-0.2, 0) is 9.59 Å². The van der Waals surface area contributed by atoms with Gasteiger partial charge in [-0.25, -0.2) is 9.78 Å². The Balaban J connectivity index is 1.29. The Bertz CT molecular complexity index is 1030. The molecule has 3 N–H and O–H groups in total. The number of imidazole rings is 1. The fraction of sp³-hybridized carbons (Fsp3) is 0.565. The molecule has 9 heteroatoms. The van der Waals surface area contributed by atoms with E-state index in [1.165, 1.54) is 0 Å². The van der Waals surface area contributed by atoms with Crippen LogP contribution in [-0.4, -0.2) is 57.8 Å². The zero-order valence-corrected chi connectivity index (χ0v) is 18.2. The quantitative estimate of drug-likeness (QED) is 0.761. The van der Waals surface area contributed by atoms with Crippen LogP contribution in [0.2, 0.25) is 0 Å². The van der Waals surface area contributed by atoms with Crippen molar-refractivity contribution in [1.82, 2.24) is 19.6 Å². The van der Waals surface area contributed by atoms with Gasteiger partial charge in [-0.15, -0.1) is 0 Å². The molecular formula is C23H30N6O3. The third-order valence-electron chi connectivity index (χ3n) is 7.24. The molecule has 0 aromatic carbocycles. The second-order valence-electron chi connectivity index (χ2n) is 9.24. The lowest BCUT2D eigenvalue weighted by molar-refractivity contribution is -0.137. The minimum Gasteiger partial charge on any atom is -0.342 e. The number of fused-ring (bicyclic) bond motifs is 1. The van der Waals surface area contributed by atoms with Crippen LogP contribution in [0.25, 0.3) is 5.65 Å². The summed E-state index contributed by atoms with van der Waals surface area (Å²) in [6.45, 7) is 1.86. The van der Waals surface area contributed by atoms with Crippen molar-refractivity contribution >= 4 is 29.3 Å². The van der Waals surface area contributed by atoms with Gasteiger partial charge in [0.25, 0.3) is 0 Å². The number of amides is 4. The first-order valence-corrected chi connectivity index (χ1v) is 11.6. The summed E-state index contributed by atoms with van der Waals surface area (Å²) in [4.78, 5) is 44.9. The maximum atomic E-state index is 12.9. The summed E-state index contributed by atoms with van der Waals surface area (Å²) >= 11 is 0. The molecule has 4 heterocycles. The van der Waals surface area contributed by atoms with Gasteiger partial charge in [0.1, 0.15) is 11.5 Å². The van der Waals surface area contributed by atoms with Crippen LogP contribution < -0.4 is 16.0 Å². The van der Waals surface area contributed by atoms with E-state index in [1.54, 1.807) is 11.1 Å². The molecule has 2 aromatic heterocycles. The van der Waals surface area contributed by atoms with E-state index in [0.717, 1.165) is 62.8 Å². The summed E-state index contributed by atoms with van der Waals surface area (Å²) in [5.74, 6) is 1.15. The third kappa shape index (κ3) is 3.85. The van der Waals surface area contributed by atoms with Gasteiger partial charge in [0, 0.05) is 44.2 Å². The number of pyridine rings is 1. The largest absolute Gasteiger partial charge is 0.342 e. The number of hydrogen-bond acceptors (Lipinski definition) is 5. The Kier molecular flexibility index (Phi) is 5.58. The topological polar surface area (TPSA) is 113 Å². The van der Waals surface area contributed by atoms with Gasteiger partial charge >= 0.3 is 6.03 Å². The minimum absolute atomic E-state index is 0.132. The summed E-state index contributed by atoms with van der Waals surface area (Å²) in [6, 6.07) is 3.91. The summed E-state index contributed by atoms with van der Waals surface area (Å²) in [5.41, 5.74) is 7.97. The number of nitrogens with two attached hydrogens (primary N) is 1. The van der Waals surface area contributed by atoms with Crippen LogP contribution in [0.3, 0.4) is 0 Å². The molecule has 2 saturated heterocycles. The van der Waals surface area contributed by atoms with Gasteiger partial charge in [0.2, 0.25) is 11.8 Å². The van der Waals surface area contributed by atoms with Crippen molar-refractivity contribution in [2.75, 3.05) is 24.5 Å². The normalized spacial score (nSPS) is 25.3. The first-order chi connectivity index (χ1) is 15.5. The zero-order valence-electron chi connectivity index (χ0n) is 18.2. The number of urea groups is 1. The molecule has 5 rings (SSSR count). The molecule has 1 saturated carbocycles. The summed E-state index contributed by atoms with van der Waals surface area (Å²) in [6.07, 6.45) is 9.38. The number of likely N-dealkylation sites (tertiary alicyclic amines) is 1. The van der Waals surface area contributed by atoms with Crippen molar-refractivity contribution < 1.29 is 14.4 Å². The summed E-state index contributed by atoms with van der Waals surface area (Å²) in [5, 5.41) is 2.37. The van der Waals surface area contributed by atoms with Crippen molar-refractivity contribution in [2.45, 2.75) is 56.9 Å². The second kappa shape index (κ2) is 8.54. The molecule has 9 nitrogen and oxygen atoms in total. The lowest BCUT2D eigenvalue weighted by atomic mass is 9.84. The zero-order chi connectivity index (χ0) is 22.2. The van der Waals surface area contributed by atoms with E-state index >= 15 is 0 Å². The van der Waals surface area contributed by atoms with Crippen LogP contribution in [0.15, 0.2) is 24.5 Å². The highest BCUT2D eigenvalue weighted by atomic mass is 16.2. The lowest BCUT2D eigenvalue weighted by Crippen LogP contribution is -2.50. The lowest BCUT2D eigenvalue weighted by Gasteiger charge is -2.36. The molecule has 0 atom stereocenters. The highest BCUT2D eigenvalue weighted by molar-refractivity contribution is 6.05. The molecule has 2 aromatic rings. The Hall–Kier alpha value is -2.94. The molecule has 2 aliphatic heterocycles. The molecule has 0 radical (unpaired) electrons. The second-order valence-corrected chi connectivity index (χ2v) is 9.24. The fourth-order valence-electron chi connectivity index (χ4n) is 5.36. The van der Waals surface area contributed by atoms with Gasteiger partial charge in [-0.2, -0.15) is 0 Å². The number of imide groups is 1. The van der Waals surface area contributed by atoms with Gasteiger partial charge in [-0.3, -0.25) is 24.2 Å². The molecule has 170 valence electrons. The molecule has 0 unspecified atom stereocenters. The van der Waals surface area contributed by atoms with E-state index < -0.39 is 6.03 Å². The number of aromatic nitrogens is 2. The maximum absolute atomic E-state index is 12.9. The van der Waals surface area contributed by atoms with E-state index in [-0.39, 0.29) is 24.3 Å². The van der Waals surface area contributed by atoms with Gasteiger partial charge in [-0.05, 0) is 56.1 Å². The van der Waals surface area contributed by atoms with Crippen molar-refractivity contribution in [1.29, 1.82) is 0 Å². The smallest absolute Gasteiger partial charge is 0.329 e. The molecular weight excluding hydrogens is 408 g/mol. The number of nitrogens with zero attached hydrogens (tertiary/aromatic N) is 4. The summed E-state index contributed by atoms with van der Waals surface area (Å²) < 4.78 is 1.92. The molecule has 1 aliphatic carbocycles. The number of hydrogen-bond donors (Lipinski definition) is 2. The van der Waals surface area contributed by atoms with Gasteiger partial charge in [-0.1, -0.05) is 6.07 Å². The van der Waals surface area contributed by atoms with Crippen molar-refractivity contribution in [3.05, 3.63) is 30.1 Å². The van der Waals surface area contributed by atoms with Gasteiger partial charge < -0.3 is 10.6 Å². The Morgan fingerprint density at radius 2 is 1.81 bits per heavy atom. The molecule has 32 heavy (non-hydrogen) atoms. The number of anilines is 1. The number of nitrogens with one attached hydrogen (secondary N) is 1. The van der Waals surface area contributed by atoms with Crippen molar-refractivity contribution in [3.8, 4) is 0 Å². The minimum atomic E-state index is -0.413. The monoisotopic (exact) mass is 438 g/mol. The average molecular weight is 439 g/mol. The maximum Gasteiger partial charge on any atom is 0.329 e. The number of piperidine rings is 1. The predicted molar refractivity (Wildman–Crippen MR) is 119 cm³/mol. The third-order valence-corrected chi connectivity index (χ3v) is 7.24. The van der Waals surface area contributed by atoms with Crippen molar-refractivity contribution in [3.63, 3.8) is 0 Å². The standard InChI is InChI=1S/C23H30N6O3/c24-17-5-3-16(4-6-17)22(31)27-11-7-15(8-12-27)18-2-1-10-28-20(14-25-21(18)28)29-13-9-19(30)26-23(29)32/h1-2,10,14-17H,3-9,11-13,24H2,(H,26,30,32). The highest BCUT2D eigenvalue weighted by Crippen LogP contribution is 2.34. The number of carbonyl (C=O) groups is 3. The molecule has 3 fully saturated rings. The first-order valence-electron chi connectivity index (χ1n) is 11.6. The molecule has 0 bridgehead atoms. The van der Waals surface area contributed by atoms with Gasteiger partial charge in [0.15, 0.2) is 0 Å². The van der Waals surface area contributed by atoms with Crippen LogP contribution in [0, 0.1) is 5.92 Å². The van der Waals surface area contributed by atoms with Crippen LogP contribution in [0.1, 0.15) is 56.4 Å². The van der Waals surface area contributed by atoms with Crippen LogP contribution in [0.5, 0.6) is 0 Å². The number of carbonyl (C=O) groups excluding carboxylic acids is 3. The first kappa shape index (κ1) is 20.9. The molecule has 4 amide bonds. The Morgan fingerprint density at radius 3 is 2.53 bits per heavy atom. The van der Waals surface area contributed by atoms with E-state index in [2.05, 4.69) is 16.4 Å². The van der Waals surface area contributed by atoms with E-state index in [0.29, 0.717) is 24.2 Å². The average Bonchev–Trinajstić information content (AvgIpc) is 3.23. The van der Waals surface area contributed by atoms with Gasteiger partial charge in [0.05, 0.1) is 6.20 Å². The number of rotatable bonds is 3. The van der Waals surface area contributed by atoms with Crippen LogP contribution >= 0.6 is 0 Å². The Labute approximate surface area is 186 Å². The fourth-order valence-corrected chi connectivity index (χ4v) is 5.36. The van der Waals surface area contributed by atoms with Crippen molar-refractivity contribution in [2.24, 2.45) is 11.7 Å². The van der Waals surface area contributed by atoms with E-state index in [4.69, 9.17) is 5.73 Å². The SMILES string of the molecule is NC1CCC(C(=O)N2CCC(c3cccn4c(N5CCC(=O)NC5=O)cnc34)CC2)CC1. The molecule has 0 spiro atoms. The van der Waals surface area contributed by atoms with Crippen LogP contribution in [0.4, 0.5) is 10.6 Å². The highest BCUT2D eigenvalue weighted by Gasteiger charge is 2.32. The van der Waals surface area contributed by atoms with E-state index in [1.807, 2.05) is 21.6 Å². The Morgan fingerprint density at radius 1 is 1.06 bits per heavy atom. The predicted octanol–water partition coefficient (Wildman–Crippen LogP) is 2.00. The summed E-state index contributed by atoms with van der Waals surface area (Å²) in [7, 11) is 0.